The lowest BCUT2D eigenvalue weighted by Gasteiger charge is -2.22. The van der Waals surface area contributed by atoms with Gasteiger partial charge in [0.25, 0.3) is 0 Å². The summed E-state index contributed by atoms with van der Waals surface area (Å²) in [5.74, 6) is 1.71. The van der Waals surface area contributed by atoms with E-state index < -0.39 is 0 Å². The summed E-state index contributed by atoms with van der Waals surface area (Å²) < 4.78 is 11.6. The molecule has 8 heteroatoms. The van der Waals surface area contributed by atoms with Crippen LogP contribution in [0.25, 0.3) is 0 Å². The minimum atomic E-state index is 0.155. The average molecular weight is 556 g/mol. The first kappa shape index (κ1) is 26.8. The minimum absolute atomic E-state index is 0.155. The van der Waals surface area contributed by atoms with E-state index in [1.807, 2.05) is 6.92 Å². The summed E-state index contributed by atoms with van der Waals surface area (Å²) in [6.07, 6.45) is 3.39. The number of hydrogen-bond donors (Lipinski definition) is 2. The van der Waals surface area contributed by atoms with Crippen LogP contribution in [0.4, 0.5) is 5.82 Å². The van der Waals surface area contributed by atoms with Gasteiger partial charge in [0, 0.05) is 73.1 Å². The molecular weight excluding hydrogens is 519 g/mol. The molecule has 0 spiro atoms. The van der Waals surface area contributed by atoms with Gasteiger partial charge in [-0.3, -0.25) is 4.90 Å². The third kappa shape index (κ3) is 8.13. The van der Waals surface area contributed by atoms with E-state index in [0.717, 1.165) is 54.3 Å². The van der Waals surface area contributed by atoms with Crippen LogP contribution >= 0.6 is 22.6 Å². The minimum Gasteiger partial charge on any atom is -0.496 e. The summed E-state index contributed by atoms with van der Waals surface area (Å²) in [7, 11) is 5.52. The quantitative estimate of drug-likeness (QED) is 0.269. The van der Waals surface area contributed by atoms with E-state index in [1.165, 1.54) is 5.56 Å². The van der Waals surface area contributed by atoms with Crippen LogP contribution in [0.15, 0.2) is 18.2 Å². The Morgan fingerprint density at radius 1 is 1.22 bits per heavy atom. The Labute approximate surface area is 206 Å². The summed E-state index contributed by atoms with van der Waals surface area (Å²) in [5, 5.41) is 13.0. The standard InChI is InChI=1S/C24H37IN4O3/c1-6-7-20(10-12-30)27-23-21(17(2)26-24(25)28-23)15-19-9-8-18(14-22(19)32-5)16-29(3)11-13-31-4/h8-9,14,20,30H,6-7,10-13,15-16H2,1-5H3,(H,26,27,28)/t20-/m0/s1. The molecule has 0 saturated carbocycles. The van der Waals surface area contributed by atoms with Crippen LogP contribution in [0.1, 0.15) is 48.6 Å². The zero-order chi connectivity index (χ0) is 23.5. The third-order valence-electron chi connectivity index (χ3n) is 5.49. The Hall–Kier alpha value is -1.49. The second-order valence-corrected chi connectivity index (χ2v) is 9.07. The molecule has 0 aliphatic heterocycles. The van der Waals surface area contributed by atoms with Gasteiger partial charge < -0.3 is 19.9 Å². The predicted molar refractivity (Wildman–Crippen MR) is 138 cm³/mol. The fraction of sp³-hybridized carbons (Fsp3) is 0.583. The molecular formula is C24H37IN4O3. The number of aromatic nitrogens is 2. The summed E-state index contributed by atoms with van der Waals surface area (Å²) in [6, 6.07) is 6.58. The number of aryl methyl sites for hydroxylation is 1. The van der Waals surface area contributed by atoms with Crippen molar-refractivity contribution in [1.29, 1.82) is 0 Å². The molecule has 0 fully saturated rings. The number of methoxy groups -OCH3 is 2. The van der Waals surface area contributed by atoms with Gasteiger partial charge in [0.2, 0.25) is 0 Å². The van der Waals surface area contributed by atoms with Crippen molar-refractivity contribution in [2.24, 2.45) is 0 Å². The van der Waals surface area contributed by atoms with E-state index >= 15 is 0 Å². The highest BCUT2D eigenvalue weighted by Crippen LogP contribution is 2.28. The maximum atomic E-state index is 9.46. The highest BCUT2D eigenvalue weighted by Gasteiger charge is 2.17. The van der Waals surface area contributed by atoms with Gasteiger partial charge in [-0.2, -0.15) is 0 Å². The van der Waals surface area contributed by atoms with Crippen LogP contribution in [-0.2, 0) is 17.7 Å². The number of hydrogen-bond acceptors (Lipinski definition) is 7. The van der Waals surface area contributed by atoms with E-state index in [1.54, 1.807) is 14.2 Å². The topological polar surface area (TPSA) is 79.7 Å². The van der Waals surface area contributed by atoms with E-state index in [2.05, 4.69) is 70.0 Å². The van der Waals surface area contributed by atoms with E-state index in [9.17, 15) is 5.11 Å². The lowest BCUT2D eigenvalue weighted by molar-refractivity contribution is 0.158. The fourth-order valence-electron chi connectivity index (χ4n) is 3.74. The first-order chi connectivity index (χ1) is 15.4. The Morgan fingerprint density at radius 3 is 2.66 bits per heavy atom. The van der Waals surface area contributed by atoms with Crippen molar-refractivity contribution in [3.05, 3.63) is 44.4 Å². The van der Waals surface area contributed by atoms with Crippen LogP contribution in [0, 0.1) is 10.8 Å². The van der Waals surface area contributed by atoms with Crippen LogP contribution in [0.5, 0.6) is 5.75 Å². The molecule has 2 N–H and O–H groups in total. The fourth-order valence-corrected chi connectivity index (χ4v) is 4.34. The molecule has 1 heterocycles. The van der Waals surface area contributed by atoms with Gasteiger partial charge in [0.15, 0.2) is 3.83 Å². The number of nitrogens with one attached hydrogen (secondary N) is 1. The number of ether oxygens (including phenoxy) is 2. The number of benzene rings is 1. The van der Waals surface area contributed by atoms with Gasteiger partial charge in [-0.05, 0) is 44.0 Å². The van der Waals surface area contributed by atoms with Gasteiger partial charge in [-0.1, -0.05) is 25.5 Å². The highest BCUT2D eigenvalue weighted by molar-refractivity contribution is 14.1. The van der Waals surface area contributed by atoms with Crippen molar-refractivity contribution >= 4 is 28.4 Å². The zero-order valence-corrected chi connectivity index (χ0v) is 22.1. The number of anilines is 1. The zero-order valence-electron chi connectivity index (χ0n) is 19.9. The summed E-state index contributed by atoms with van der Waals surface area (Å²) in [5.41, 5.74) is 4.31. The van der Waals surface area contributed by atoms with Crippen LogP contribution in [-0.4, -0.2) is 67.0 Å². The molecule has 0 amide bonds. The third-order valence-corrected chi connectivity index (χ3v) is 5.97. The van der Waals surface area contributed by atoms with Gasteiger partial charge in [-0.15, -0.1) is 0 Å². The van der Waals surface area contributed by atoms with E-state index in [4.69, 9.17) is 14.5 Å². The number of nitrogens with zero attached hydrogens (tertiary/aromatic N) is 3. The van der Waals surface area contributed by atoms with Crippen molar-refractivity contribution in [2.75, 3.05) is 46.3 Å². The van der Waals surface area contributed by atoms with Crippen molar-refractivity contribution in [3.63, 3.8) is 0 Å². The second-order valence-electron chi connectivity index (χ2n) is 8.10. The number of aliphatic hydroxyl groups excluding tert-OH is 1. The van der Waals surface area contributed by atoms with Gasteiger partial charge >= 0.3 is 0 Å². The van der Waals surface area contributed by atoms with E-state index in [0.29, 0.717) is 23.3 Å². The molecule has 1 aromatic carbocycles. The summed E-state index contributed by atoms with van der Waals surface area (Å²) in [4.78, 5) is 11.5. The van der Waals surface area contributed by atoms with Gasteiger partial charge in [0.1, 0.15) is 11.6 Å². The molecule has 0 unspecified atom stereocenters. The van der Waals surface area contributed by atoms with Crippen LogP contribution < -0.4 is 10.1 Å². The first-order valence-corrected chi connectivity index (χ1v) is 12.2. The number of aliphatic hydroxyl groups is 1. The Kier molecular flexibility index (Phi) is 11.6. The molecule has 2 rings (SSSR count). The predicted octanol–water partition coefficient (Wildman–Crippen LogP) is 4.03. The molecule has 0 saturated heterocycles. The average Bonchev–Trinajstić information content (AvgIpc) is 2.75. The maximum absolute atomic E-state index is 9.46. The second kappa shape index (κ2) is 13.9. The molecule has 1 aromatic heterocycles. The largest absolute Gasteiger partial charge is 0.496 e. The molecule has 0 aliphatic carbocycles. The molecule has 178 valence electrons. The maximum Gasteiger partial charge on any atom is 0.192 e. The molecule has 0 radical (unpaired) electrons. The lowest BCUT2D eigenvalue weighted by Crippen LogP contribution is -2.23. The number of likely N-dealkylation sites (N-methyl/N-ethyl adjacent to an activating group) is 1. The Bertz CT molecular complexity index is 844. The molecule has 2 aromatic rings. The Balaban J connectivity index is 2.29. The molecule has 7 nitrogen and oxygen atoms in total. The summed E-state index contributed by atoms with van der Waals surface area (Å²) >= 11 is 2.16. The molecule has 1 atom stereocenters. The van der Waals surface area contributed by atoms with Gasteiger partial charge in [-0.25, -0.2) is 9.97 Å². The first-order valence-electron chi connectivity index (χ1n) is 11.1. The van der Waals surface area contributed by atoms with Crippen molar-refractivity contribution in [1.82, 2.24) is 14.9 Å². The van der Waals surface area contributed by atoms with Crippen LogP contribution in [0.3, 0.4) is 0 Å². The van der Waals surface area contributed by atoms with Crippen molar-refractivity contribution in [2.45, 2.75) is 52.1 Å². The number of rotatable bonds is 14. The van der Waals surface area contributed by atoms with Crippen molar-refractivity contribution in [3.8, 4) is 5.75 Å². The SMILES string of the molecule is CCC[C@@H](CCO)Nc1nc(I)nc(C)c1Cc1ccc(CN(C)CCOC)cc1OC. The monoisotopic (exact) mass is 556 g/mol. The number of halogens is 1. The highest BCUT2D eigenvalue weighted by atomic mass is 127. The lowest BCUT2D eigenvalue weighted by atomic mass is 10.0. The van der Waals surface area contributed by atoms with Gasteiger partial charge in [0.05, 0.1) is 13.7 Å². The molecule has 32 heavy (non-hydrogen) atoms. The van der Waals surface area contributed by atoms with Crippen LogP contribution in [0.2, 0.25) is 0 Å². The van der Waals surface area contributed by atoms with Crippen molar-refractivity contribution < 1.29 is 14.6 Å². The van der Waals surface area contributed by atoms with E-state index in [-0.39, 0.29) is 12.6 Å². The Morgan fingerprint density at radius 2 is 2.00 bits per heavy atom. The summed E-state index contributed by atoms with van der Waals surface area (Å²) in [6.45, 7) is 6.75. The smallest absolute Gasteiger partial charge is 0.192 e. The molecule has 0 bridgehead atoms. The molecule has 0 aliphatic rings. The normalized spacial score (nSPS) is 12.2.